The number of rotatable bonds is 8. The summed E-state index contributed by atoms with van der Waals surface area (Å²) < 4.78 is 29.8. The summed E-state index contributed by atoms with van der Waals surface area (Å²) in [6.45, 7) is 1.77. The van der Waals surface area contributed by atoms with Crippen LogP contribution >= 0.6 is 0 Å². The molecule has 1 atom stereocenters. The van der Waals surface area contributed by atoms with Crippen molar-refractivity contribution < 1.29 is 13.5 Å². The number of hydrogen-bond donors (Lipinski definition) is 2. The van der Waals surface area contributed by atoms with Gasteiger partial charge in [-0.3, -0.25) is 4.99 Å². The number of nitrogens with zero attached hydrogens (tertiary/aromatic N) is 2. The largest absolute Gasteiger partial charge is 0.433 e. The third-order valence-corrected chi connectivity index (χ3v) is 4.25. The van der Waals surface area contributed by atoms with Crippen molar-refractivity contribution in [2.75, 3.05) is 31.6 Å². The zero-order valence-corrected chi connectivity index (χ0v) is 15.0. The number of ether oxygens (including phenoxy) is 1. The van der Waals surface area contributed by atoms with Crippen LogP contribution in [0.15, 0.2) is 29.3 Å². The van der Waals surface area contributed by atoms with Crippen LogP contribution in [-0.2, 0) is 0 Å². The number of anilines is 1. The Bertz CT molecular complexity index is 554. The van der Waals surface area contributed by atoms with Crippen LogP contribution < -0.4 is 20.3 Å². The number of nitrogens with one attached hydrogen (secondary N) is 2. The number of benzene rings is 1. The van der Waals surface area contributed by atoms with E-state index in [4.69, 9.17) is 0 Å². The molecule has 7 heteroatoms. The van der Waals surface area contributed by atoms with Crippen LogP contribution in [0.2, 0.25) is 0 Å². The van der Waals surface area contributed by atoms with Gasteiger partial charge in [-0.25, -0.2) is 0 Å². The second kappa shape index (κ2) is 10.1. The van der Waals surface area contributed by atoms with Crippen LogP contribution in [0.5, 0.6) is 5.75 Å². The Kier molecular flexibility index (Phi) is 7.76. The van der Waals surface area contributed by atoms with E-state index >= 15 is 0 Å². The van der Waals surface area contributed by atoms with E-state index in [-0.39, 0.29) is 11.8 Å². The topological polar surface area (TPSA) is 48.9 Å². The van der Waals surface area contributed by atoms with Crippen molar-refractivity contribution in [2.45, 2.75) is 45.3 Å². The van der Waals surface area contributed by atoms with Crippen molar-refractivity contribution in [3.63, 3.8) is 0 Å². The lowest BCUT2D eigenvalue weighted by molar-refractivity contribution is -0.0495. The predicted molar refractivity (Wildman–Crippen MR) is 97.7 cm³/mol. The maximum atomic E-state index is 12.6. The van der Waals surface area contributed by atoms with Gasteiger partial charge in [0, 0.05) is 32.7 Å². The highest BCUT2D eigenvalue weighted by atomic mass is 19.3. The maximum absolute atomic E-state index is 12.6. The molecule has 1 aromatic carbocycles. The second-order valence-electron chi connectivity index (χ2n) is 6.13. The molecule has 1 aliphatic heterocycles. The van der Waals surface area contributed by atoms with Gasteiger partial charge in [0.05, 0.1) is 5.69 Å². The molecule has 1 saturated heterocycles. The Balaban J connectivity index is 1.89. The highest BCUT2D eigenvalue weighted by molar-refractivity contribution is 5.80. The number of aliphatic imine (C=N–C) groups is 1. The van der Waals surface area contributed by atoms with Gasteiger partial charge in [0.2, 0.25) is 0 Å². The predicted octanol–water partition coefficient (Wildman–Crippen LogP) is 3.22. The van der Waals surface area contributed by atoms with Crippen LogP contribution in [0, 0.1) is 0 Å². The lowest BCUT2D eigenvalue weighted by atomic mass is 10.2. The van der Waals surface area contributed by atoms with Crippen LogP contribution in [0.3, 0.4) is 0 Å². The van der Waals surface area contributed by atoms with E-state index in [1.165, 1.54) is 12.8 Å². The standard InChI is InChI=1S/C18H28F2N4O/c1-3-4-7-11-22-18(21-2)23-14-10-12-24(13-14)15-8-5-6-9-16(15)25-17(19)20/h5-6,8-9,14,17H,3-4,7,10-13H2,1-2H3,(H2,21,22,23). The minimum Gasteiger partial charge on any atom is -0.433 e. The molecule has 1 unspecified atom stereocenters. The maximum Gasteiger partial charge on any atom is 0.387 e. The fourth-order valence-electron chi connectivity index (χ4n) is 2.98. The van der Waals surface area contributed by atoms with Crippen molar-refractivity contribution in [3.8, 4) is 5.75 Å². The lowest BCUT2D eigenvalue weighted by Crippen LogP contribution is -2.44. The molecule has 5 nitrogen and oxygen atoms in total. The molecule has 2 rings (SSSR count). The van der Waals surface area contributed by atoms with E-state index < -0.39 is 6.61 Å². The molecule has 0 bridgehead atoms. The van der Waals surface area contributed by atoms with E-state index in [1.807, 2.05) is 12.1 Å². The van der Waals surface area contributed by atoms with E-state index in [0.717, 1.165) is 38.4 Å². The first-order valence-corrected chi connectivity index (χ1v) is 8.90. The van der Waals surface area contributed by atoms with Crippen LogP contribution in [0.4, 0.5) is 14.5 Å². The van der Waals surface area contributed by atoms with E-state index in [0.29, 0.717) is 5.69 Å². The van der Waals surface area contributed by atoms with Gasteiger partial charge in [-0.05, 0) is 25.0 Å². The third kappa shape index (κ3) is 6.07. The monoisotopic (exact) mass is 354 g/mol. The number of para-hydroxylation sites is 2. The molecule has 1 heterocycles. The summed E-state index contributed by atoms with van der Waals surface area (Å²) in [5.74, 6) is 1.01. The Morgan fingerprint density at radius 2 is 2.16 bits per heavy atom. The Hall–Kier alpha value is -2.05. The van der Waals surface area contributed by atoms with Gasteiger partial charge in [-0.2, -0.15) is 8.78 Å². The molecule has 0 spiro atoms. The van der Waals surface area contributed by atoms with Crippen LogP contribution in [0.25, 0.3) is 0 Å². The van der Waals surface area contributed by atoms with Gasteiger partial charge in [-0.15, -0.1) is 0 Å². The average Bonchev–Trinajstić information content (AvgIpc) is 3.06. The summed E-state index contributed by atoms with van der Waals surface area (Å²) in [5, 5.41) is 6.73. The van der Waals surface area contributed by atoms with Crippen LogP contribution in [-0.4, -0.2) is 45.3 Å². The Labute approximate surface area is 148 Å². The molecule has 2 N–H and O–H groups in total. The summed E-state index contributed by atoms with van der Waals surface area (Å²) >= 11 is 0. The molecular formula is C18H28F2N4O. The van der Waals surface area contributed by atoms with Gasteiger partial charge in [0.15, 0.2) is 5.96 Å². The van der Waals surface area contributed by atoms with Crippen molar-refractivity contribution in [1.82, 2.24) is 10.6 Å². The van der Waals surface area contributed by atoms with Gasteiger partial charge < -0.3 is 20.3 Å². The zero-order chi connectivity index (χ0) is 18.1. The summed E-state index contributed by atoms with van der Waals surface area (Å²) in [4.78, 5) is 6.33. The van der Waals surface area contributed by atoms with Gasteiger partial charge in [0.25, 0.3) is 0 Å². The molecule has 0 amide bonds. The van der Waals surface area contributed by atoms with Crippen molar-refractivity contribution in [3.05, 3.63) is 24.3 Å². The summed E-state index contributed by atoms with van der Waals surface area (Å²) in [6.07, 6.45) is 4.42. The van der Waals surface area contributed by atoms with E-state index in [2.05, 4.69) is 32.2 Å². The number of hydrogen-bond acceptors (Lipinski definition) is 3. The molecule has 1 fully saturated rings. The SMILES string of the molecule is CCCCCNC(=NC)NC1CCN(c2ccccc2OC(F)F)C1. The molecule has 0 radical (unpaired) electrons. The highest BCUT2D eigenvalue weighted by Gasteiger charge is 2.25. The van der Waals surface area contributed by atoms with E-state index in [1.54, 1.807) is 19.2 Å². The Morgan fingerprint density at radius 3 is 2.88 bits per heavy atom. The lowest BCUT2D eigenvalue weighted by Gasteiger charge is -2.22. The summed E-state index contributed by atoms with van der Waals surface area (Å²) in [6, 6.07) is 7.16. The first-order chi connectivity index (χ1) is 12.1. The normalized spacial score (nSPS) is 17.9. The Morgan fingerprint density at radius 1 is 1.36 bits per heavy atom. The molecular weight excluding hydrogens is 326 g/mol. The molecule has 1 aromatic rings. The number of guanidine groups is 1. The molecule has 140 valence electrons. The molecule has 0 saturated carbocycles. The second-order valence-corrected chi connectivity index (χ2v) is 6.13. The minimum absolute atomic E-state index is 0.219. The van der Waals surface area contributed by atoms with Crippen molar-refractivity contribution in [1.29, 1.82) is 0 Å². The minimum atomic E-state index is -2.82. The molecule has 0 aliphatic carbocycles. The van der Waals surface area contributed by atoms with Crippen molar-refractivity contribution >= 4 is 11.6 Å². The average molecular weight is 354 g/mol. The first kappa shape index (κ1) is 19.3. The van der Waals surface area contributed by atoms with Crippen molar-refractivity contribution in [2.24, 2.45) is 4.99 Å². The summed E-state index contributed by atoms with van der Waals surface area (Å²) in [7, 11) is 1.76. The number of alkyl halides is 2. The number of unbranched alkanes of at least 4 members (excludes halogenated alkanes) is 2. The fourth-order valence-corrected chi connectivity index (χ4v) is 2.98. The van der Waals surface area contributed by atoms with Gasteiger partial charge in [-0.1, -0.05) is 31.9 Å². The quantitative estimate of drug-likeness (QED) is 0.428. The number of halogens is 2. The smallest absolute Gasteiger partial charge is 0.387 e. The third-order valence-electron chi connectivity index (χ3n) is 4.25. The highest BCUT2D eigenvalue weighted by Crippen LogP contribution is 2.31. The van der Waals surface area contributed by atoms with Gasteiger partial charge >= 0.3 is 6.61 Å². The summed E-state index contributed by atoms with van der Waals surface area (Å²) in [5.41, 5.74) is 0.706. The van der Waals surface area contributed by atoms with Gasteiger partial charge in [0.1, 0.15) is 5.75 Å². The molecule has 1 aliphatic rings. The fraction of sp³-hybridized carbons (Fsp3) is 0.611. The van der Waals surface area contributed by atoms with E-state index in [9.17, 15) is 8.78 Å². The first-order valence-electron chi connectivity index (χ1n) is 8.90. The molecule has 0 aromatic heterocycles. The van der Waals surface area contributed by atoms with Crippen LogP contribution in [0.1, 0.15) is 32.6 Å². The zero-order valence-electron chi connectivity index (χ0n) is 15.0. The molecule has 25 heavy (non-hydrogen) atoms.